The van der Waals surface area contributed by atoms with Crippen LogP contribution in [0.4, 0.5) is 5.69 Å². The Bertz CT molecular complexity index is 945. The number of fused-ring (bicyclic) bond motifs is 1. The first-order valence-electron chi connectivity index (χ1n) is 11.8. The predicted molar refractivity (Wildman–Crippen MR) is 130 cm³/mol. The van der Waals surface area contributed by atoms with E-state index in [0.29, 0.717) is 18.5 Å². The number of rotatable bonds is 6. The molecule has 3 aliphatic rings. The van der Waals surface area contributed by atoms with Crippen LogP contribution in [0.3, 0.4) is 0 Å². The fourth-order valence-corrected chi connectivity index (χ4v) is 8.39. The van der Waals surface area contributed by atoms with Gasteiger partial charge in [0.05, 0.1) is 29.2 Å². The number of aliphatic hydroxyl groups excluding tert-OH is 1. The zero-order valence-electron chi connectivity index (χ0n) is 20.1. The summed E-state index contributed by atoms with van der Waals surface area (Å²) < 4.78 is -1.10. The molecule has 0 aromatic heterocycles. The summed E-state index contributed by atoms with van der Waals surface area (Å²) in [7, 11) is 0. The van der Waals surface area contributed by atoms with Gasteiger partial charge in [0.2, 0.25) is 17.7 Å². The van der Waals surface area contributed by atoms with E-state index in [0.717, 1.165) is 6.42 Å². The predicted octanol–water partition coefficient (Wildman–Crippen LogP) is 2.79. The van der Waals surface area contributed by atoms with E-state index >= 15 is 0 Å². The van der Waals surface area contributed by atoms with E-state index < -0.39 is 39.0 Å². The first kappa shape index (κ1) is 24.1. The highest BCUT2D eigenvalue weighted by Crippen LogP contribution is 2.71. The number of thioether (sulfide) groups is 1. The van der Waals surface area contributed by atoms with E-state index in [4.69, 9.17) is 0 Å². The lowest BCUT2D eigenvalue weighted by atomic mass is 9.66. The molecule has 33 heavy (non-hydrogen) atoms. The van der Waals surface area contributed by atoms with E-state index in [2.05, 4.69) is 17.6 Å². The summed E-state index contributed by atoms with van der Waals surface area (Å²) in [6, 6.07) is 8.09. The molecule has 2 bridgehead atoms. The van der Waals surface area contributed by atoms with Crippen molar-refractivity contribution >= 4 is 35.2 Å². The molecule has 3 amide bonds. The Balaban J connectivity index is 1.75. The number of nitrogens with zero attached hydrogens (tertiary/aromatic N) is 1. The first-order chi connectivity index (χ1) is 15.5. The van der Waals surface area contributed by atoms with Crippen LogP contribution >= 0.6 is 11.8 Å². The number of amides is 3. The monoisotopic (exact) mass is 473 g/mol. The number of hydrogen-bond donors (Lipinski definition) is 3. The summed E-state index contributed by atoms with van der Waals surface area (Å²) in [6.07, 6.45) is 1.99. The fraction of sp³-hybridized carbons (Fsp3) is 0.640. The third-order valence-corrected chi connectivity index (χ3v) is 9.35. The Morgan fingerprint density at radius 1 is 1.21 bits per heavy atom. The van der Waals surface area contributed by atoms with Gasteiger partial charge in [0, 0.05) is 16.0 Å². The third-order valence-electron chi connectivity index (χ3n) is 7.36. The third kappa shape index (κ3) is 3.85. The van der Waals surface area contributed by atoms with Gasteiger partial charge in [-0.25, -0.2) is 0 Å². The molecule has 0 aliphatic carbocycles. The number of carbonyl (C=O) groups excluding carboxylic acids is 3. The molecule has 1 aromatic rings. The normalized spacial score (nSPS) is 33.7. The molecular formula is C25H35N3O4S. The smallest absolute Gasteiger partial charge is 0.244 e. The maximum absolute atomic E-state index is 14.0. The number of hydrogen-bond acceptors (Lipinski definition) is 5. The average molecular weight is 474 g/mol. The molecule has 8 heteroatoms. The minimum absolute atomic E-state index is 0.176. The van der Waals surface area contributed by atoms with Gasteiger partial charge in [-0.05, 0) is 59.1 Å². The second kappa shape index (κ2) is 8.31. The molecule has 0 radical (unpaired) electrons. The average Bonchev–Trinajstić information content (AvgIpc) is 3.30. The Morgan fingerprint density at radius 3 is 2.45 bits per heavy atom. The van der Waals surface area contributed by atoms with E-state index in [1.54, 1.807) is 16.7 Å². The first-order valence-corrected chi connectivity index (χ1v) is 12.6. The molecule has 4 rings (SSSR count). The maximum atomic E-state index is 14.0. The minimum Gasteiger partial charge on any atom is -0.394 e. The summed E-state index contributed by atoms with van der Waals surface area (Å²) in [6.45, 7) is 9.50. The van der Waals surface area contributed by atoms with Gasteiger partial charge in [0.1, 0.15) is 6.04 Å². The van der Waals surface area contributed by atoms with Crippen LogP contribution in [-0.2, 0) is 14.4 Å². The van der Waals surface area contributed by atoms with E-state index in [9.17, 15) is 19.5 Å². The molecule has 3 saturated heterocycles. The van der Waals surface area contributed by atoms with Crippen LogP contribution in [0, 0.1) is 11.8 Å². The Morgan fingerprint density at radius 2 is 1.88 bits per heavy atom. The lowest BCUT2D eigenvalue weighted by Crippen LogP contribution is -2.59. The molecule has 1 aromatic carbocycles. The van der Waals surface area contributed by atoms with Gasteiger partial charge < -0.3 is 20.6 Å². The Hall–Kier alpha value is -2.06. The van der Waals surface area contributed by atoms with E-state index in [-0.39, 0.29) is 24.3 Å². The van der Waals surface area contributed by atoms with Crippen molar-refractivity contribution in [3.05, 3.63) is 30.3 Å². The number of aliphatic hydroxyl groups is 1. The number of para-hydroxylation sites is 1. The van der Waals surface area contributed by atoms with Crippen molar-refractivity contribution in [1.29, 1.82) is 0 Å². The highest BCUT2D eigenvalue weighted by atomic mass is 32.2. The van der Waals surface area contributed by atoms with E-state index in [1.807, 2.05) is 58.0 Å². The number of likely N-dealkylation sites (tertiary alicyclic amines) is 1. The van der Waals surface area contributed by atoms with Gasteiger partial charge in [-0.15, -0.1) is 11.8 Å². The van der Waals surface area contributed by atoms with Crippen LogP contribution in [-0.4, -0.2) is 61.5 Å². The van der Waals surface area contributed by atoms with Crippen molar-refractivity contribution in [1.82, 2.24) is 10.2 Å². The van der Waals surface area contributed by atoms with Crippen molar-refractivity contribution in [2.45, 2.75) is 81.0 Å². The van der Waals surface area contributed by atoms with Gasteiger partial charge in [-0.2, -0.15) is 0 Å². The second-order valence-corrected chi connectivity index (χ2v) is 12.7. The highest BCUT2D eigenvalue weighted by molar-refractivity contribution is 8.02. The number of benzene rings is 1. The van der Waals surface area contributed by atoms with Crippen LogP contribution in [0.2, 0.25) is 0 Å². The molecule has 7 nitrogen and oxygen atoms in total. The maximum Gasteiger partial charge on any atom is 0.244 e. The second-order valence-electron chi connectivity index (χ2n) is 10.8. The molecule has 180 valence electrons. The summed E-state index contributed by atoms with van der Waals surface area (Å²) >= 11 is 1.64. The van der Waals surface area contributed by atoms with Crippen molar-refractivity contribution in [2.24, 2.45) is 11.8 Å². The zero-order valence-corrected chi connectivity index (χ0v) is 20.9. The lowest BCUT2D eigenvalue weighted by molar-refractivity contribution is -0.142. The Labute approximate surface area is 200 Å². The van der Waals surface area contributed by atoms with Gasteiger partial charge in [-0.3, -0.25) is 14.4 Å². The van der Waals surface area contributed by atoms with Gasteiger partial charge in [-0.1, -0.05) is 25.1 Å². The topological polar surface area (TPSA) is 98.7 Å². The molecule has 1 spiro atoms. The molecule has 3 N–H and O–H groups in total. The largest absolute Gasteiger partial charge is 0.394 e. The Kier molecular flexibility index (Phi) is 6.06. The zero-order chi connectivity index (χ0) is 24.2. The van der Waals surface area contributed by atoms with Crippen LogP contribution < -0.4 is 10.6 Å². The van der Waals surface area contributed by atoms with Crippen LogP contribution in [0.1, 0.15) is 53.9 Å². The van der Waals surface area contributed by atoms with Crippen LogP contribution in [0.25, 0.3) is 0 Å². The highest BCUT2D eigenvalue weighted by Gasteiger charge is 2.77. The van der Waals surface area contributed by atoms with Crippen LogP contribution in [0.5, 0.6) is 0 Å². The van der Waals surface area contributed by atoms with E-state index in [1.165, 1.54) is 0 Å². The van der Waals surface area contributed by atoms with Gasteiger partial charge in [0.15, 0.2) is 0 Å². The summed E-state index contributed by atoms with van der Waals surface area (Å²) in [5.74, 6) is -1.71. The molecule has 3 aliphatic heterocycles. The van der Waals surface area contributed by atoms with Gasteiger partial charge >= 0.3 is 0 Å². The minimum atomic E-state index is -0.715. The molecule has 2 unspecified atom stereocenters. The van der Waals surface area contributed by atoms with Crippen molar-refractivity contribution in [3.63, 3.8) is 0 Å². The molecule has 6 atom stereocenters. The SMILES string of the molecule is CC[C@@H](CO)N1C(=O)[C@@H]2[C@@H](C(=O)Nc3ccccc3)[C@@]3(C)CCC2(S3)C1C(=O)NC(C)(C)C. The van der Waals surface area contributed by atoms with Crippen molar-refractivity contribution in [3.8, 4) is 0 Å². The van der Waals surface area contributed by atoms with Crippen LogP contribution in [0.15, 0.2) is 30.3 Å². The number of anilines is 1. The van der Waals surface area contributed by atoms with Crippen molar-refractivity contribution in [2.75, 3.05) is 11.9 Å². The fourth-order valence-electron chi connectivity index (χ4n) is 6.05. The summed E-state index contributed by atoms with van der Waals surface area (Å²) in [5, 5.41) is 16.2. The number of carbonyl (C=O) groups is 3. The quantitative estimate of drug-likeness (QED) is 0.590. The lowest BCUT2D eigenvalue weighted by Gasteiger charge is -2.38. The standard InChI is InChI=1S/C25H35N3O4S/c1-6-16(14-29)28-19(21(31)27-23(2,3)4)25-13-12-24(5,33-25)17(18(25)22(28)32)20(30)26-15-10-8-7-9-11-15/h7-11,16-19,29H,6,12-14H2,1-5H3,(H,26,30)(H,27,31)/t16-,17-,18-,19?,24+,25?/m0/s1. The molecule has 3 fully saturated rings. The molecular weight excluding hydrogens is 438 g/mol. The molecule has 0 saturated carbocycles. The summed E-state index contributed by atoms with van der Waals surface area (Å²) in [5.41, 5.74) is 0.232. The molecule has 3 heterocycles. The number of nitrogens with one attached hydrogen (secondary N) is 2. The summed E-state index contributed by atoms with van der Waals surface area (Å²) in [4.78, 5) is 42.8. The van der Waals surface area contributed by atoms with Gasteiger partial charge in [0.25, 0.3) is 0 Å². The van der Waals surface area contributed by atoms with Crippen molar-refractivity contribution < 1.29 is 19.5 Å².